The highest BCUT2D eigenvalue weighted by Gasteiger charge is 2.51. The molecule has 0 aromatic heterocycles. The Bertz CT molecular complexity index is 1260. The van der Waals surface area contributed by atoms with E-state index in [4.69, 9.17) is 0 Å². The molecule has 3 aromatic rings. The molecule has 0 spiro atoms. The number of alkyl halides is 2. The Kier molecular flexibility index (Phi) is 5.35. The van der Waals surface area contributed by atoms with E-state index in [1.807, 2.05) is 0 Å². The molecule has 0 saturated heterocycles. The number of fused-ring (bicyclic) bond motifs is 1. The first-order valence-electron chi connectivity index (χ1n) is 9.16. The van der Waals surface area contributed by atoms with Crippen LogP contribution in [0.5, 0.6) is 5.75 Å². The van der Waals surface area contributed by atoms with Crippen LogP contribution in [-0.4, -0.2) is 16.8 Å². The summed E-state index contributed by atoms with van der Waals surface area (Å²) in [6.07, 6.45) is 0. The summed E-state index contributed by atoms with van der Waals surface area (Å²) in [7, 11) is 0. The van der Waals surface area contributed by atoms with E-state index in [0.29, 0.717) is 4.90 Å². The minimum Gasteiger partial charge on any atom is -0.416 e. The number of nitrogens with zero attached hydrogens (tertiary/aromatic N) is 1. The fourth-order valence-electron chi connectivity index (χ4n) is 3.28. The monoisotopic (exact) mass is 469 g/mol. The summed E-state index contributed by atoms with van der Waals surface area (Å²) in [5.41, 5.74) is -0.794. The Balaban J connectivity index is 1.53. The number of carbonyl (C=O) groups excluding carboxylic acids is 2. The van der Waals surface area contributed by atoms with Crippen LogP contribution in [0.15, 0.2) is 48.5 Å². The molecule has 0 fully saturated rings. The van der Waals surface area contributed by atoms with Gasteiger partial charge in [0.15, 0.2) is 0 Å². The van der Waals surface area contributed by atoms with Crippen molar-refractivity contribution in [2.75, 3.05) is 0 Å². The molecule has 1 aliphatic rings. The Morgan fingerprint density at radius 1 is 0.818 bits per heavy atom. The Hall–Kier alpha value is -3.89. The van der Waals surface area contributed by atoms with Gasteiger partial charge in [-0.1, -0.05) is 30.3 Å². The lowest BCUT2D eigenvalue weighted by Crippen LogP contribution is -2.36. The molecule has 3 aromatic carbocycles. The Labute approximate surface area is 180 Å². The average molecular weight is 469 g/mol. The second-order valence-corrected chi connectivity index (χ2v) is 6.96. The van der Waals surface area contributed by atoms with E-state index in [1.165, 1.54) is 30.3 Å². The third kappa shape index (κ3) is 3.59. The number of esters is 1. The molecule has 0 saturated carbocycles. The summed E-state index contributed by atoms with van der Waals surface area (Å²) in [4.78, 5) is 24.8. The molecule has 0 atom stereocenters. The number of hydrogen-bond acceptors (Lipinski definition) is 3. The van der Waals surface area contributed by atoms with Gasteiger partial charge in [0.2, 0.25) is 34.8 Å². The van der Waals surface area contributed by atoms with Crippen molar-refractivity contribution in [2.24, 2.45) is 0 Å². The minimum absolute atomic E-state index is 0.148. The van der Waals surface area contributed by atoms with Crippen molar-refractivity contribution >= 4 is 11.9 Å². The SMILES string of the molecule is O=C(Oc1c(F)c(F)c(F)c(F)c1F)c1ccc(CN2C(=O)c3ccccc3C2(F)F)cc1. The Morgan fingerprint density at radius 2 is 1.36 bits per heavy atom. The molecule has 170 valence electrons. The van der Waals surface area contributed by atoms with Crippen LogP contribution in [0.4, 0.5) is 30.7 Å². The van der Waals surface area contributed by atoms with Gasteiger partial charge < -0.3 is 4.74 Å². The summed E-state index contributed by atoms with van der Waals surface area (Å²) in [6.45, 7) is -0.534. The maximum absolute atomic E-state index is 14.6. The van der Waals surface area contributed by atoms with Crippen LogP contribution in [0.1, 0.15) is 31.8 Å². The third-order valence-electron chi connectivity index (χ3n) is 4.96. The van der Waals surface area contributed by atoms with Crippen molar-refractivity contribution in [1.82, 2.24) is 4.90 Å². The molecular weight excluding hydrogens is 459 g/mol. The van der Waals surface area contributed by atoms with Crippen molar-refractivity contribution in [3.05, 3.63) is 99.9 Å². The number of benzene rings is 3. The summed E-state index contributed by atoms with van der Waals surface area (Å²) in [6, 6.07) is 6.02. The van der Waals surface area contributed by atoms with E-state index in [2.05, 4.69) is 4.74 Å². The summed E-state index contributed by atoms with van der Waals surface area (Å²) in [5.74, 6) is -15.8. The van der Waals surface area contributed by atoms with Gasteiger partial charge in [0.1, 0.15) is 0 Å². The van der Waals surface area contributed by atoms with Gasteiger partial charge in [0.05, 0.1) is 23.2 Å². The quantitative estimate of drug-likeness (QED) is 0.130. The molecule has 1 heterocycles. The first-order chi connectivity index (χ1) is 15.5. The van der Waals surface area contributed by atoms with Gasteiger partial charge in [-0.15, -0.1) is 0 Å². The third-order valence-corrected chi connectivity index (χ3v) is 4.96. The molecule has 0 radical (unpaired) electrons. The van der Waals surface area contributed by atoms with Crippen molar-refractivity contribution in [3.8, 4) is 5.75 Å². The maximum atomic E-state index is 14.6. The fraction of sp³-hybridized carbons (Fsp3) is 0.0909. The summed E-state index contributed by atoms with van der Waals surface area (Å²) < 4.78 is 101. The van der Waals surface area contributed by atoms with E-state index in [0.717, 1.165) is 18.2 Å². The van der Waals surface area contributed by atoms with Crippen LogP contribution in [-0.2, 0) is 12.6 Å². The zero-order valence-electron chi connectivity index (χ0n) is 16.1. The number of amides is 1. The fourth-order valence-corrected chi connectivity index (χ4v) is 3.28. The van der Waals surface area contributed by atoms with Gasteiger partial charge in [0, 0.05) is 0 Å². The van der Waals surface area contributed by atoms with Crippen molar-refractivity contribution in [2.45, 2.75) is 12.6 Å². The van der Waals surface area contributed by atoms with Crippen molar-refractivity contribution in [3.63, 3.8) is 0 Å². The van der Waals surface area contributed by atoms with Crippen LogP contribution in [0.2, 0.25) is 0 Å². The number of ether oxygens (including phenoxy) is 1. The number of rotatable bonds is 4. The lowest BCUT2D eigenvalue weighted by molar-refractivity contribution is -0.125. The zero-order chi connectivity index (χ0) is 24.1. The first-order valence-corrected chi connectivity index (χ1v) is 9.16. The van der Waals surface area contributed by atoms with E-state index in [9.17, 15) is 40.3 Å². The zero-order valence-corrected chi connectivity index (χ0v) is 16.1. The molecule has 1 aliphatic heterocycles. The Morgan fingerprint density at radius 3 is 1.94 bits per heavy atom. The second kappa shape index (κ2) is 7.91. The topological polar surface area (TPSA) is 46.6 Å². The molecule has 4 rings (SSSR count). The largest absolute Gasteiger partial charge is 0.416 e. The molecule has 0 aliphatic carbocycles. The summed E-state index contributed by atoms with van der Waals surface area (Å²) in [5, 5.41) is 0. The normalized spacial score (nSPS) is 14.4. The number of hydrogen-bond donors (Lipinski definition) is 0. The molecule has 0 bridgehead atoms. The lowest BCUT2D eigenvalue weighted by atomic mass is 10.1. The summed E-state index contributed by atoms with van der Waals surface area (Å²) >= 11 is 0. The highest BCUT2D eigenvalue weighted by atomic mass is 19.3. The smallest absolute Gasteiger partial charge is 0.356 e. The molecule has 1 amide bonds. The highest BCUT2D eigenvalue weighted by Crippen LogP contribution is 2.42. The molecule has 4 nitrogen and oxygen atoms in total. The molecule has 0 unspecified atom stereocenters. The maximum Gasteiger partial charge on any atom is 0.356 e. The van der Waals surface area contributed by atoms with Gasteiger partial charge >= 0.3 is 12.0 Å². The first kappa shape index (κ1) is 22.3. The van der Waals surface area contributed by atoms with E-state index in [-0.39, 0.29) is 16.7 Å². The van der Waals surface area contributed by atoms with Crippen LogP contribution >= 0.6 is 0 Å². The minimum atomic E-state index is -3.57. The van der Waals surface area contributed by atoms with Gasteiger partial charge in [-0.05, 0) is 23.8 Å². The molecule has 11 heteroatoms. The number of carbonyl (C=O) groups is 2. The van der Waals surface area contributed by atoms with Crippen LogP contribution in [0.25, 0.3) is 0 Å². The van der Waals surface area contributed by atoms with Crippen LogP contribution in [0, 0.1) is 29.1 Å². The van der Waals surface area contributed by atoms with E-state index < -0.39 is 64.9 Å². The van der Waals surface area contributed by atoms with E-state index in [1.54, 1.807) is 0 Å². The molecule has 0 N–H and O–H groups in total. The van der Waals surface area contributed by atoms with Crippen LogP contribution < -0.4 is 4.74 Å². The predicted octanol–water partition coefficient (Wildman–Crippen LogP) is 5.31. The highest BCUT2D eigenvalue weighted by molar-refractivity contribution is 5.99. The van der Waals surface area contributed by atoms with Crippen LogP contribution in [0.3, 0.4) is 0 Å². The number of halogens is 7. The van der Waals surface area contributed by atoms with Gasteiger partial charge in [-0.25, -0.2) is 18.0 Å². The van der Waals surface area contributed by atoms with Gasteiger partial charge in [-0.2, -0.15) is 17.6 Å². The van der Waals surface area contributed by atoms with Gasteiger partial charge in [0.25, 0.3) is 5.91 Å². The van der Waals surface area contributed by atoms with Crippen molar-refractivity contribution in [1.29, 1.82) is 0 Å². The standard InChI is InChI=1S/C22H10F7NO3/c23-14-15(24)17(26)19(18(27)16(14)25)33-21(32)11-7-5-10(6-8-11)9-30-20(31)12-3-1-2-4-13(12)22(30,28)29/h1-8H,9H2. The molecule has 33 heavy (non-hydrogen) atoms. The van der Waals surface area contributed by atoms with Crippen molar-refractivity contribution < 1.29 is 45.1 Å². The van der Waals surface area contributed by atoms with Gasteiger partial charge in [-0.3, -0.25) is 9.69 Å². The second-order valence-electron chi connectivity index (χ2n) is 6.96. The average Bonchev–Trinajstić information content (AvgIpc) is 3.00. The lowest BCUT2D eigenvalue weighted by Gasteiger charge is -2.24. The van der Waals surface area contributed by atoms with E-state index >= 15 is 0 Å². The predicted molar refractivity (Wildman–Crippen MR) is 97.8 cm³/mol. The molecular formula is C22H10F7NO3.